The molecule has 0 bridgehead atoms. The highest BCUT2D eigenvalue weighted by molar-refractivity contribution is 5.86. The Morgan fingerprint density at radius 3 is 2.46 bits per heavy atom. The number of furan rings is 1. The molecule has 1 heterocycles. The van der Waals surface area contributed by atoms with Crippen LogP contribution in [0.3, 0.4) is 0 Å². The molecular weight excluding hydrogens is 362 g/mol. The first-order valence-corrected chi connectivity index (χ1v) is 8.82. The van der Waals surface area contributed by atoms with Crippen LogP contribution in [0.2, 0.25) is 0 Å². The van der Waals surface area contributed by atoms with Crippen LogP contribution in [0.4, 0.5) is 5.69 Å². The molecule has 1 aromatic carbocycles. The monoisotopic (exact) mass is 387 g/mol. The van der Waals surface area contributed by atoms with Crippen molar-refractivity contribution < 1.29 is 14.1 Å². The number of benzene rings is 1. The van der Waals surface area contributed by atoms with E-state index in [1.54, 1.807) is 24.5 Å². The Morgan fingerprint density at radius 2 is 1.89 bits per heavy atom. The first kappa shape index (κ1) is 20.9. The third-order valence-electron chi connectivity index (χ3n) is 3.51. The van der Waals surface area contributed by atoms with Crippen molar-refractivity contribution in [3.05, 3.63) is 64.1 Å². The fraction of sp³-hybridized carbons (Fsp3) is 0.368. The lowest BCUT2D eigenvalue weighted by atomic mass is 10.1. The van der Waals surface area contributed by atoms with E-state index in [1.165, 1.54) is 12.1 Å². The Kier molecular flexibility index (Phi) is 7.14. The third-order valence-corrected chi connectivity index (χ3v) is 3.51. The average molecular weight is 387 g/mol. The number of hydrogen-bond acceptors (Lipinski definition) is 5. The van der Waals surface area contributed by atoms with Gasteiger partial charge in [-0.3, -0.25) is 14.9 Å². The zero-order chi connectivity index (χ0) is 20.6. The van der Waals surface area contributed by atoms with Crippen LogP contribution in [-0.4, -0.2) is 28.9 Å². The van der Waals surface area contributed by atoms with E-state index in [2.05, 4.69) is 20.9 Å². The molecule has 9 nitrogen and oxygen atoms in total. The summed E-state index contributed by atoms with van der Waals surface area (Å²) in [4.78, 5) is 26.8. The van der Waals surface area contributed by atoms with Crippen molar-refractivity contribution >= 4 is 17.6 Å². The number of rotatable bonds is 7. The summed E-state index contributed by atoms with van der Waals surface area (Å²) in [5, 5.41) is 19.7. The number of carbonyl (C=O) groups is 1. The summed E-state index contributed by atoms with van der Waals surface area (Å²) in [7, 11) is 0. The van der Waals surface area contributed by atoms with E-state index in [1.807, 2.05) is 26.8 Å². The zero-order valence-electron chi connectivity index (χ0n) is 16.2. The van der Waals surface area contributed by atoms with Crippen LogP contribution in [-0.2, 0) is 17.9 Å². The van der Waals surface area contributed by atoms with Crippen LogP contribution in [0.5, 0.6) is 0 Å². The van der Waals surface area contributed by atoms with Crippen molar-refractivity contribution in [2.45, 2.75) is 39.4 Å². The number of nitro benzene ring substituents is 1. The van der Waals surface area contributed by atoms with Crippen molar-refractivity contribution in [3.8, 4) is 0 Å². The molecule has 0 aliphatic carbocycles. The number of carbonyl (C=O) groups excluding carboxylic acids is 1. The largest absolute Gasteiger partial charge is 0.467 e. The third kappa shape index (κ3) is 7.48. The highest BCUT2D eigenvalue weighted by Crippen LogP contribution is 2.12. The van der Waals surface area contributed by atoms with E-state index < -0.39 is 4.92 Å². The van der Waals surface area contributed by atoms with E-state index in [-0.39, 0.29) is 23.7 Å². The van der Waals surface area contributed by atoms with Gasteiger partial charge in [-0.2, -0.15) is 0 Å². The molecule has 1 aromatic heterocycles. The average Bonchev–Trinajstić information content (AvgIpc) is 3.13. The molecule has 0 saturated heterocycles. The second kappa shape index (κ2) is 9.54. The molecule has 150 valence electrons. The maximum atomic E-state index is 12.0. The fourth-order valence-corrected chi connectivity index (χ4v) is 2.28. The Balaban J connectivity index is 2.00. The van der Waals surface area contributed by atoms with E-state index in [0.717, 1.165) is 11.3 Å². The molecule has 0 spiro atoms. The van der Waals surface area contributed by atoms with Crippen LogP contribution >= 0.6 is 0 Å². The number of non-ortho nitro benzene ring substituents is 1. The molecule has 0 radical (unpaired) electrons. The van der Waals surface area contributed by atoms with Crippen molar-refractivity contribution in [1.82, 2.24) is 16.0 Å². The molecule has 0 aliphatic heterocycles. The van der Waals surface area contributed by atoms with Gasteiger partial charge in [0.05, 0.1) is 30.8 Å². The predicted octanol–water partition coefficient (Wildman–Crippen LogP) is 2.34. The van der Waals surface area contributed by atoms with Crippen molar-refractivity contribution in [2.24, 2.45) is 4.99 Å². The van der Waals surface area contributed by atoms with Crippen LogP contribution in [0, 0.1) is 10.1 Å². The molecule has 0 atom stereocenters. The molecule has 9 heteroatoms. The summed E-state index contributed by atoms with van der Waals surface area (Å²) in [6.07, 6.45) is 1.58. The van der Waals surface area contributed by atoms with Gasteiger partial charge in [0.2, 0.25) is 5.91 Å². The topological polar surface area (TPSA) is 122 Å². The lowest BCUT2D eigenvalue weighted by molar-refractivity contribution is -0.384. The standard InChI is InChI=1S/C19H25N5O4/c1-19(2,3)23-17(25)13-22-18(21-12-16-5-4-10-28-16)20-11-14-6-8-15(9-7-14)24(26)27/h4-10H,11-13H2,1-3H3,(H,23,25)(H2,20,21,22). The number of nitrogens with zero attached hydrogens (tertiary/aromatic N) is 2. The number of nitro groups is 1. The van der Waals surface area contributed by atoms with Gasteiger partial charge in [-0.1, -0.05) is 12.1 Å². The highest BCUT2D eigenvalue weighted by atomic mass is 16.6. The Labute approximate surface area is 163 Å². The second-order valence-electron chi connectivity index (χ2n) is 7.17. The summed E-state index contributed by atoms with van der Waals surface area (Å²) in [5.41, 5.74) is 0.515. The maximum Gasteiger partial charge on any atom is 0.269 e. The quantitative estimate of drug-likeness (QED) is 0.290. The van der Waals surface area contributed by atoms with Crippen LogP contribution in [0.15, 0.2) is 52.1 Å². The van der Waals surface area contributed by atoms with Gasteiger partial charge in [0.25, 0.3) is 5.69 Å². The maximum absolute atomic E-state index is 12.0. The van der Waals surface area contributed by atoms with E-state index in [4.69, 9.17) is 4.42 Å². The molecular formula is C19H25N5O4. The summed E-state index contributed by atoms with van der Waals surface area (Å²) in [6.45, 7) is 6.48. The number of hydrogen-bond donors (Lipinski definition) is 3. The van der Waals surface area contributed by atoms with Gasteiger partial charge < -0.3 is 20.4 Å². The normalized spacial score (nSPS) is 11.8. The van der Waals surface area contributed by atoms with Crippen LogP contribution < -0.4 is 16.0 Å². The zero-order valence-corrected chi connectivity index (χ0v) is 16.2. The smallest absolute Gasteiger partial charge is 0.269 e. The molecule has 0 fully saturated rings. The van der Waals surface area contributed by atoms with E-state index in [0.29, 0.717) is 19.0 Å². The van der Waals surface area contributed by atoms with Gasteiger partial charge in [-0.25, -0.2) is 4.99 Å². The molecule has 0 aliphatic rings. The predicted molar refractivity (Wildman–Crippen MR) is 106 cm³/mol. The highest BCUT2D eigenvalue weighted by Gasteiger charge is 2.14. The SMILES string of the molecule is CC(C)(C)NC(=O)CNC(=NCc1ccc([N+](=O)[O-])cc1)NCc1ccco1. The van der Waals surface area contributed by atoms with Gasteiger partial charge in [-0.15, -0.1) is 0 Å². The van der Waals surface area contributed by atoms with E-state index in [9.17, 15) is 14.9 Å². The van der Waals surface area contributed by atoms with Gasteiger partial charge >= 0.3 is 0 Å². The number of aliphatic imine (C=N–C) groups is 1. The summed E-state index contributed by atoms with van der Waals surface area (Å²) in [6, 6.07) is 9.79. The second-order valence-corrected chi connectivity index (χ2v) is 7.17. The molecule has 28 heavy (non-hydrogen) atoms. The number of guanidine groups is 1. The minimum Gasteiger partial charge on any atom is -0.467 e. The van der Waals surface area contributed by atoms with Gasteiger partial charge in [-0.05, 0) is 38.5 Å². The molecule has 2 rings (SSSR count). The Bertz CT molecular complexity index is 808. The molecule has 1 amide bonds. The molecule has 0 saturated carbocycles. The minimum absolute atomic E-state index is 0.0286. The van der Waals surface area contributed by atoms with Gasteiger partial charge in [0.1, 0.15) is 5.76 Å². The van der Waals surface area contributed by atoms with Crippen LogP contribution in [0.1, 0.15) is 32.1 Å². The molecule has 3 N–H and O–H groups in total. The summed E-state index contributed by atoms with van der Waals surface area (Å²) >= 11 is 0. The van der Waals surface area contributed by atoms with Crippen LogP contribution in [0.25, 0.3) is 0 Å². The van der Waals surface area contributed by atoms with Crippen molar-refractivity contribution in [2.75, 3.05) is 6.54 Å². The number of nitrogens with one attached hydrogen (secondary N) is 3. The van der Waals surface area contributed by atoms with E-state index >= 15 is 0 Å². The first-order valence-electron chi connectivity index (χ1n) is 8.82. The molecule has 2 aromatic rings. The summed E-state index contributed by atoms with van der Waals surface area (Å²) < 4.78 is 5.29. The minimum atomic E-state index is -0.446. The lowest BCUT2D eigenvalue weighted by Gasteiger charge is -2.21. The first-order chi connectivity index (χ1) is 13.2. The Hall–Kier alpha value is -3.36. The van der Waals surface area contributed by atoms with Gasteiger partial charge in [0, 0.05) is 17.7 Å². The van der Waals surface area contributed by atoms with Crippen molar-refractivity contribution in [3.63, 3.8) is 0 Å². The van der Waals surface area contributed by atoms with Gasteiger partial charge in [0.15, 0.2) is 5.96 Å². The Morgan fingerprint density at radius 1 is 1.18 bits per heavy atom. The number of amides is 1. The lowest BCUT2D eigenvalue weighted by Crippen LogP contribution is -2.48. The fourth-order valence-electron chi connectivity index (χ4n) is 2.28. The summed E-state index contributed by atoms with van der Waals surface area (Å²) in [5.74, 6) is 0.998. The van der Waals surface area contributed by atoms with Crippen molar-refractivity contribution in [1.29, 1.82) is 0 Å². The molecule has 0 unspecified atom stereocenters.